The number of benzene rings is 1. The van der Waals surface area contributed by atoms with Crippen molar-refractivity contribution < 1.29 is 9.53 Å². The molecule has 24 heavy (non-hydrogen) atoms. The number of nitrogens with zero attached hydrogens (tertiary/aromatic N) is 1. The van der Waals surface area contributed by atoms with E-state index in [2.05, 4.69) is 5.32 Å². The Bertz CT molecular complexity index is 847. The van der Waals surface area contributed by atoms with Crippen LogP contribution in [-0.4, -0.2) is 17.1 Å². The third-order valence-corrected chi connectivity index (χ3v) is 4.20. The van der Waals surface area contributed by atoms with Crippen LogP contribution in [0, 0.1) is 0 Å². The second kappa shape index (κ2) is 6.57. The molecule has 1 aromatic carbocycles. The maximum absolute atomic E-state index is 12.3. The predicted molar refractivity (Wildman–Crippen MR) is 92.3 cm³/mol. The first-order valence-corrected chi connectivity index (χ1v) is 8.03. The zero-order valence-corrected chi connectivity index (χ0v) is 14.0. The summed E-state index contributed by atoms with van der Waals surface area (Å²) in [5.74, 6) is 0.496. The monoisotopic (exact) mass is 347 g/mol. The van der Waals surface area contributed by atoms with Crippen molar-refractivity contribution in [3.63, 3.8) is 0 Å². The number of nitrogens with one attached hydrogen (secondary N) is 1. The van der Waals surface area contributed by atoms with Gasteiger partial charge in [0, 0.05) is 23.2 Å². The molecule has 0 fully saturated rings. The predicted octanol–water partition coefficient (Wildman–Crippen LogP) is 1.90. The molecule has 0 saturated heterocycles. The summed E-state index contributed by atoms with van der Waals surface area (Å²) in [6.07, 6.45) is 2.34. The fourth-order valence-corrected chi connectivity index (χ4v) is 3.07. The van der Waals surface area contributed by atoms with Crippen molar-refractivity contribution >= 4 is 23.2 Å². The van der Waals surface area contributed by atoms with Gasteiger partial charge in [0.1, 0.15) is 12.3 Å². The summed E-state index contributed by atoms with van der Waals surface area (Å²) in [7, 11) is 0. The van der Waals surface area contributed by atoms with Crippen molar-refractivity contribution in [1.82, 2.24) is 9.88 Å². The van der Waals surface area contributed by atoms with E-state index >= 15 is 0 Å². The van der Waals surface area contributed by atoms with Crippen LogP contribution in [0.1, 0.15) is 24.1 Å². The number of nitrogens with two attached hydrogens (primary N) is 1. The zero-order chi connectivity index (χ0) is 17.3. The molecule has 126 valence electrons. The summed E-state index contributed by atoms with van der Waals surface area (Å²) in [5.41, 5.74) is 7.18. The van der Waals surface area contributed by atoms with E-state index in [4.69, 9.17) is 22.1 Å². The molecule has 2 aromatic rings. The molecule has 3 N–H and O–H groups in total. The fraction of sp³-hybridized carbons (Fsp3) is 0.294. The first-order valence-electron chi connectivity index (χ1n) is 7.65. The van der Waals surface area contributed by atoms with Gasteiger partial charge < -0.3 is 20.4 Å². The Balaban J connectivity index is 1.76. The fourth-order valence-electron chi connectivity index (χ4n) is 2.82. The van der Waals surface area contributed by atoms with Gasteiger partial charge in [0.25, 0.3) is 5.56 Å². The molecular weight excluding hydrogens is 330 g/mol. The van der Waals surface area contributed by atoms with E-state index in [1.54, 1.807) is 12.1 Å². The molecule has 7 heteroatoms. The van der Waals surface area contributed by atoms with Crippen LogP contribution in [0.15, 0.2) is 35.3 Å². The molecule has 3 rings (SSSR count). The number of anilines is 1. The van der Waals surface area contributed by atoms with Crippen LogP contribution in [0.25, 0.3) is 0 Å². The molecule has 0 bridgehead atoms. The van der Waals surface area contributed by atoms with Crippen molar-refractivity contribution in [2.24, 2.45) is 0 Å². The number of carbonyl (C=O) groups is 1. The molecule has 1 atom stereocenters. The van der Waals surface area contributed by atoms with Gasteiger partial charge in [-0.2, -0.15) is 0 Å². The van der Waals surface area contributed by atoms with E-state index in [9.17, 15) is 9.59 Å². The maximum atomic E-state index is 12.3. The highest BCUT2D eigenvalue weighted by Gasteiger charge is 2.22. The molecule has 1 amide bonds. The molecule has 1 aromatic heterocycles. The number of amides is 1. The van der Waals surface area contributed by atoms with Crippen LogP contribution in [0.5, 0.6) is 5.75 Å². The van der Waals surface area contributed by atoms with E-state index in [1.165, 1.54) is 16.8 Å². The minimum atomic E-state index is -0.382. The van der Waals surface area contributed by atoms with Crippen LogP contribution >= 0.6 is 11.6 Å². The highest BCUT2D eigenvalue weighted by Crippen LogP contribution is 2.36. The second-order valence-corrected chi connectivity index (χ2v) is 6.20. The van der Waals surface area contributed by atoms with Crippen molar-refractivity contribution in [3.05, 3.63) is 57.0 Å². The Labute approximate surface area is 144 Å². The second-order valence-electron chi connectivity index (χ2n) is 5.77. The van der Waals surface area contributed by atoms with Gasteiger partial charge in [-0.1, -0.05) is 11.6 Å². The number of pyridine rings is 1. The van der Waals surface area contributed by atoms with E-state index in [0.29, 0.717) is 11.6 Å². The molecule has 0 radical (unpaired) electrons. The van der Waals surface area contributed by atoms with E-state index in [0.717, 1.165) is 23.3 Å². The number of nitrogen functional groups attached to an aromatic ring is 1. The Kier molecular flexibility index (Phi) is 4.49. The van der Waals surface area contributed by atoms with Crippen LogP contribution in [0.4, 0.5) is 5.69 Å². The average molecular weight is 348 g/mol. The molecule has 2 heterocycles. The summed E-state index contributed by atoms with van der Waals surface area (Å²) in [6, 6.07) is 6.52. The number of hydrogen-bond acceptors (Lipinski definition) is 4. The Morgan fingerprint density at radius 2 is 2.29 bits per heavy atom. The number of carbonyl (C=O) groups excluding carboxylic acids is 1. The minimum Gasteiger partial charge on any atom is -0.493 e. The highest BCUT2D eigenvalue weighted by molar-refractivity contribution is 6.30. The Morgan fingerprint density at radius 3 is 3.08 bits per heavy atom. The van der Waals surface area contributed by atoms with Crippen LogP contribution < -0.4 is 21.3 Å². The lowest BCUT2D eigenvalue weighted by molar-refractivity contribution is -0.122. The number of hydrogen-bond donors (Lipinski definition) is 2. The minimum absolute atomic E-state index is 0.0994. The summed E-state index contributed by atoms with van der Waals surface area (Å²) >= 11 is 6.15. The number of ether oxygens (including phenoxy) is 1. The molecule has 6 nitrogen and oxygen atoms in total. The van der Waals surface area contributed by atoms with Gasteiger partial charge in [-0.25, -0.2) is 0 Å². The van der Waals surface area contributed by atoms with Gasteiger partial charge in [0.2, 0.25) is 5.91 Å². The standard InChI is InChI=1S/C17H18ClN3O3/c1-10(13-8-12(18)7-11-4-6-24-16(11)13)20-15(22)9-21-5-2-3-14(19)17(21)23/h2-3,5,7-8,10H,4,6,9,19H2,1H3,(H,20,22). The first kappa shape index (κ1) is 16.4. The summed E-state index contributed by atoms with van der Waals surface area (Å²) in [5, 5.41) is 3.48. The summed E-state index contributed by atoms with van der Waals surface area (Å²) < 4.78 is 6.93. The zero-order valence-electron chi connectivity index (χ0n) is 13.2. The largest absolute Gasteiger partial charge is 0.493 e. The number of rotatable bonds is 4. The van der Waals surface area contributed by atoms with Crippen LogP contribution in [0.3, 0.4) is 0 Å². The number of halogens is 1. The van der Waals surface area contributed by atoms with E-state index in [1.807, 2.05) is 13.0 Å². The van der Waals surface area contributed by atoms with Crippen LogP contribution in [-0.2, 0) is 17.8 Å². The molecule has 1 aliphatic rings. The van der Waals surface area contributed by atoms with E-state index < -0.39 is 0 Å². The summed E-state index contributed by atoms with van der Waals surface area (Å²) in [6.45, 7) is 2.37. The lowest BCUT2D eigenvalue weighted by Crippen LogP contribution is -2.34. The third kappa shape index (κ3) is 3.23. The molecule has 1 aliphatic heterocycles. The number of fused-ring (bicyclic) bond motifs is 1. The van der Waals surface area contributed by atoms with Gasteiger partial charge in [0.15, 0.2) is 0 Å². The molecule has 0 aliphatic carbocycles. The van der Waals surface area contributed by atoms with Gasteiger partial charge in [-0.15, -0.1) is 0 Å². The van der Waals surface area contributed by atoms with Gasteiger partial charge in [-0.3, -0.25) is 9.59 Å². The molecule has 0 spiro atoms. The summed E-state index contributed by atoms with van der Waals surface area (Å²) in [4.78, 5) is 24.1. The normalized spacial score (nSPS) is 13.9. The topological polar surface area (TPSA) is 86.4 Å². The van der Waals surface area contributed by atoms with Gasteiger partial charge >= 0.3 is 0 Å². The van der Waals surface area contributed by atoms with Crippen LogP contribution in [0.2, 0.25) is 5.02 Å². The van der Waals surface area contributed by atoms with Crippen molar-refractivity contribution in [2.45, 2.75) is 25.9 Å². The maximum Gasteiger partial charge on any atom is 0.274 e. The Hall–Kier alpha value is -2.47. The third-order valence-electron chi connectivity index (χ3n) is 3.98. The van der Waals surface area contributed by atoms with Crippen molar-refractivity contribution in [2.75, 3.05) is 12.3 Å². The van der Waals surface area contributed by atoms with Crippen molar-refractivity contribution in [3.8, 4) is 5.75 Å². The molecule has 0 saturated carbocycles. The number of aromatic nitrogens is 1. The lowest BCUT2D eigenvalue weighted by atomic mass is 10.0. The SMILES string of the molecule is CC(NC(=O)Cn1cccc(N)c1=O)c1cc(Cl)cc2c1OCC2. The highest BCUT2D eigenvalue weighted by atomic mass is 35.5. The van der Waals surface area contributed by atoms with E-state index in [-0.39, 0.29) is 29.7 Å². The quantitative estimate of drug-likeness (QED) is 0.884. The first-order chi connectivity index (χ1) is 11.5. The van der Waals surface area contributed by atoms with Gasteiger partial charge in [-0.05, 0) is 36.8 Å². The lowest BCUT2D eigenvalue weighted by Gasteiger charge is -2.18. The molecular formula is C17H18ClN3O3. The Morgan fingerprint density at radius 1 is 1.50 bits per heavy atom. The smallest absolute Gasteiger partial charge is 0.274 e. The van der Waals surface area contributed by atoms with Crippen molar-refractivity contribution in [1.29, 1.82) is 0 Å². The average Bonchev–Trinajstić information content (AvgIpc) is 2.99. The van der Waals surface area contributed by atoms with Gasteiger partial charge in [0.05, 0.1) is 18.3 Å². The molecule has 1 unspecified atom stereocenters.